The number of rotatable bonds is 5. The first-order valence-corrected chi connectivity index (χ1v) is 11.6. The zero-order valence-corrected chi connectivity index (χ0v) is 18.7. The number of Topliss-reactive ketones (excluding diaryl/α,β-unsaturated/α-hetero) is 1. The van der Waals surface area contributed by atoms with E-state index in [2.05, 4.69) is 4.90 Å². The van der Waals surface area contributed by atoms with Crippen molar-refractivity contribution >= 4 is 33.7 Å². The number of imidazole rings is 1. The van der Waals surface area contributed by atoms with Crippen LogP contribution in [0.1, 0.15) is 23.0 Å². The van der Waals surface area contributed by atoms with E-state index in [9.17, 15) is 9.59 Å². The lowest BCUT2D eigenvalue weighted by molar-refractivity contribution is -0.130. The topological polar surface area (TPSA) is 57.9 Å². The number of ketones is 1. The van der Waals surface area contributed by atoms with Crippen LogP contribution in [0, 0.1) is 0 Å². The predicted octanol–water partition coefficient (Wildman–Crippen LogP) is 4.16. The molecule has 0 aliphatic carbocycles. The normalized spacial score (nSPS) is 14.2. The molecule has 0 atom stereocenters. The van der Waals surface area contributed by atoms with Crippen LogP contribution in [0.5, 0.6) is 0 Å². The number of thiazole rings is 1. The average Bonchev–Trinajstić information content (AvgIpc) is 3.42. The summed E-state index contributed by atoms with van der Waals surface area (Å²) in [6.45, 7) is 4.54. The smallest absolute Gasteiger partial charge is 0.228 e. The summed E-state index contributed by atoms with van der Waals surface area (Å²) in [6, 6.07) is 17.8. The molecule has 0 radical (unpaired) electrons. The van der Waals surface area contributed by atoms with Gasteiger partial charge in [-0.2, -0.15) is 0 Å². The Hall–Kier alpha value is -3.45. The number of hydrogen-bond acceptors (Lipinski definition) is 5. The molecule has 6 nitrogen and oxygen atoms in total. The van der Waals surface area contributed by atoms with Gasteiger partial charge in [-0.25, -0.2) is 4.98 Å². The van der Waals surface area contributed by atoms with Crippen molar-refractivity contribution in [3.8, 4) is 11.3 Å². The van der Waals surface area contributed by atoms with Crippen LogP contribution >= 0.6 is 11.3 Å². The van der Waals surface area contributed by atoms with Gasteiger partial charge in [0, 0.05) is 60.3 Å². The highest BCUT2D eigenvalue weighted by atomic mass is 32.1. The Morgan fingerprint density at radius 1 is 0.969 bits per heavy atom. The highest BCUT2D eigenvalue weighted by Gasteiger charge is 2.23. The van der Waals surface area contributed by atoms with Gasteiger partial charge in [0.25, 0.3) is 0 Å². The molecule has 7 heteroatoms. The monoisotopic (exact) mass is 444 g/mol. The number of amides is 1. The van der Waals surface area contributed by atoms with Gasteiger partial charge in [0.15, 0.2) is 10.7 Å². The quantitative estimate of drug-likeness (QED) is 0.434. The second-order valence-corrected chi connectivity index (χ2v) is 8.86. The number of hydrogen-bond donors (Lipinski definition) is 0. The minimum Gasteiger partial charge on any atom is -0.368 e. The Labute approximate surface area is 190 Å². The molecule has 1 aliphatic rings. The fraction of sp³-hybridized carbons (Fsp3) is 0.240. The Morgan fingerprint density at radius 3 is 2.38 bits per heavy atom. The lowest BCUT2D eigenvalue weighted by Crippen LogP contribution is -2.49. The molecule has 0 bridgehead atoms. The number of aromatic nitrogens is 2. The number of carbonyl (C=O) groups excluding carboxylic acids is 2. The Balaban J connectivity index is 1.23. The van der Waals surface area contributed by atoms with E-state index in [4.69, 9.17) is 4.98 Å². The van der Waals surface area contributed by atoms with Gasteiger partial charge in [-0.15, -0.1) is 11.3 Å². The van der Waals surface area contributed by atoms with Crippen LogP contribution in [0.3, 0.4) is 0 Å². The maximum absolute atomic E-state index is 13.0. The fourth-order valence-electron chi connectivity index (χ4n) is 4.09. The van der Waals surface area contributed by atoms with Gasteiger partial charge < -0.3 is 9.80 Å². The molecule has 2 aromatic heterocycles. The van der Waals surface area contributed by atoms with Crippen LogP contribution in [0.2, 0.25) is 0 Å². The van der Waals surface area contributed by atoms with Crippen molar-refractivity contribution in [1.82, 2.24) is 14.3 Å². The first-order chi connectivity index (χ1) is 15.6. The van der Waals surface area contributed by atoms with Crippen LogP contribution in [0.15, 0.2) is 66.2 Å². The third kappa shape index (κ3) is 4.03. The molecule has 0 N–H and O–H groups in total. The van der Waals surface area contributed by atoms with Gasteiger partial charge in [0.1, 0.15) is 0 Å². The molecular weight excluding hydrogens is 420 g/mol. The maximum atomic E-state index is 13.0. The highest BCUT2D eigenvalue weighted by Crippen LogP contribution is 2.24. The first-order valence-electron chi connectivity index (χ1n) is 10.7. The molecule has 1 saturated heterocycles. The summed E-state index contributed by atoms with van der Waals surface area (Å²) in [5.74, 6) is 0.217. The van der Waals surface area contributed by atoms with E-state index < -0.39 is 0 Å². The summed E-state index contributed by atoms with van der Waals surface area (Å²) in [4.78, 5) is 34.3. The van der Waals surface area contributed by atoms with Crippen LogP contribution in [-0.2, 0) is 11.2 Å². The standard InChI is InChI=1S/C25H24N4O2S/c1-18(30)19-7-9-21(10-8-19)27-11-13-28(14-12-27)24(31)15-22-17-32-25-26-23(16-29(22)25)20-5-3-2-4-6-20/h2-10,16-17H,11-15H2,1H3. The van der Waals surface area contributed by atoms with Crippen molar-refractivity contribution in [2.75, 3.05) is 31.1 Å². The van der Waals surface area contributed by atoms with Crippen molar-refractivity contribution in [2.24, 2.45) is 0 Å². The van der Waals surface area contributed by atoms with Crippen molar-refractivity contribution in [3.63, 3.8) is 0 Å². The molecule has 2 aromatic carbocycles. The van der Waals surface area contributed by atoms with Gasteiger partial charge in [-0.3, -0.25) is 14.0 Å². The number of piperazine rings is 1. The lowest BCUT2D eigenvalue weighted by Gasteiger charge is -2.36. The predicted molar refractivity (Wildman–Crippen MR) is 127 cm³/mol. The van der Waals surface area contributed by atoms with E-state index in [0.29, 0.717) is 19.5 Å². The Morgan fingerprint density at radius 2 is 1.69 bits per heavy atom. The minimum atomic E-state index is 0.0725. The molecule has 162 valence electrons. The van der Waals surface area contributed by atoms with Crippen LogP contribution < -0.4 is 4.90 Å². The second-order valence-electron chi connectivity index (χ2n) is 8.02. The summed E-state index contributed by atoms with van der Waals surface area (Å²) in [7, 11) is 0. The summed E-state index contributed by atoms with van der Waals surface area (Å²) < 4.78 is 2.04. The molecule has 0 saturated carbocycles. The zero-order valence-electron chi connectivity index (χ0n) is 17.9. The third-order valence-electron chi connectivity index (χ3n) is 5.96. The molecule has 1 aliphatic heterocycles. The molecule has 0 spiro atoms. The number of benzene rings is 2. The van der Waals surface area contributed by atoms with Gasteiger partial charge >= 0.3 is 0 Å². The Kier molecular flexibility index (Phi) is 5.49. The van der Waals surface area contributed by atoms with Crippen molar-refractivity contribution in [1.29, 1.82) is 0 Å². The van der Waals surface area contributed by atoms with Crippen molar-refractivity contribution in [2.45, 2.75) is 13.3 Å². The van der Waals surface area contributed by atoms with Crippen molar-refractivity contribution in [3.05, 3.63) is 77.4 Å². The molecule has 1 fully saturated rings. The van der Waals surface area contributed by atoms with Gasteiger partial charge in [0.2, 0.25) is 5.91 Å². The van der Waals surface area contributed by atoms with Gasteiger partial charge in [0.05, 0.1) is 12.1 Å². The number of carbonyl (C=O) groups is 2. The number of fused-ring (bicyclic) bond motifs is 1. The van der Waals surface area contributed by atoms with E-state index in [1.165, 1.54) is 0 Å². The van der Waals surface area contributed by atoms with Crippen LogP contribution in [-0.4, -0.2) is 52.2 Å². The highest BCUT2D eigenvalue weighted by molar-refractivity contribution is 7.15. The van der Waals surface area contributed by atoms with E-state index >= 15 is 0 Å². The number of nitrogens with zero attached hydrogens (tertiary/aromatic N) is 4. The van der Waals surface area contributed by atoms with Crippen LogP contribution in [0.4, 0.5) is 5.69 Å². The van der Waals surface area contributed by atoms with E-state index in [-0.39, 0.29) is 11.7 Å². The van der Waals surface area contributed by atoms with E-state index in [0.717, 1.165) is 46.3 Å². The summed E-state index contributed by atoms with van der Waals surface area (Å²) >= 11 is 1.57. The van der Waals surface area contributed by atoms with Gasteiger partial charge in [-0.05, 0) is 31.2 Å². The lowest BCUT2D eigenvalue weighted by atomic mass is 10.1. The fourth-order valence-corrected chi connectivity index (χ4v) is 4.97. The molecule has 5 rings (SSSR count). The number of anilines is 1. The average molecular weight is 445 g/mol. The molecular formula is C25H24N4O2S. The van der Waals surface area contributed by atoms with E-state index in [1.807, 2.05) is 75.5 Å². The SMILES string of the molecule is CC(=O)c1ccc(N2CCN(C(=O)Cc3csc4nc(-c5ccccc5)cn34)CC2)cc1. The minimum absolute atomic E-state index is 0.0725. The third-order valence-corrected chi connectivity index (χ3v) is 6.85. The second kappa shape index (κ2) is 8.59. The van der Waals surface area contributed by atoms with E-state index in [1.54, 1.807) is 18.3 Å². The summed E-state index contributed by atoms with van der Waals surface area (Å²) in [5.41, 5.74) is 4.80. The maximum Gasteiger partial charge on any atom is 0.228 e. The van der Waals surface area contributed by atoms with Crippen LogP contribution in [0.25, 0.3) is 16.2 Å². The largest absolute Gasteiger partial charge is 0.368 e. The van der Waals surface area contributed by atoms with Crippen molar-refractivity contribution < 1.29 is 9.59 Å². The van der Waals surface area contributed by atoms with Gasteiger partial charge in [-0.1, -0.05) is 30.3 Å². The summed E-state index contributed by atoms with van der Waals surface area (Å²) in [6.07, 6.45) is 2.39. The molecule has 1 amide bonds. The first kappa shape index (κ1) is 20.5. The molecule has 3 heterocycles. The summed E-state index contributed by atoms with van der Waals surface area (Å²) in [5, 5.41) is 2.03. The zero-order chi connectivity index (χ0) is 22.1. The Bertz CT molecular complexity index is 1250. The molecule has 0 unspecified atom stereocenters. The molecule has 32 heavy (non-hydrogen) atoms. The molecule has 4 aromatic rings.